The van der Waals surface area contributed by atoms with Gasteiger partial charge in [0.05, 0.1) is 0 Å². The van der Waals surface area contributed by atoms with E-state index in [1.165, 1.54) is 11.1 Å². The van der Waals surface area contributed by atoms with Crippen molar-refractivity contribution in [2.75, 3.05) is 0 Å². The Morgan fingerprint density at radius 3 is 2.29 bits per heavy atom. The standard InChI is InChI=1S/C18H21NOS/c1-11-5-6-12(2)17(14(11)4)20-10-16-8-7-15(18(19)21)9-13(16)3/h5-9H,10H2,1-4H3,(H2,19,21). The van der Waals surface area contributed by atoms with Crippen molar-refractivity contribution in [2.45, 2.75) is 34.3 Å². The molecule has 0 aliphatic carbocycles. The zero-order valence-corrected chi connectivity index (χ0v) is 13.8. The molecule has 0 radical (unpaired) electrons. The van der Waals surface area contributed by atoms with Crippen LogP contribution in [0, 0.1) is 27.7 Å². The van der Waals surface area contributed by atoms with Gasteiger partial charge < -0.3 is 10.5 Å². The highest BCUT2D eigenvalue weighted by molar-refractivity contribution is 7.80. The first kappa shape index (κ1) is 15.5. The van der Waals surface area contributed by atoms with Crippen molar-refractivity contribution in [3.8, 4) is 5.75 Å². The molecule has 0 aliphatic heterocycles. The Hall–Kier alpha value is -1.87. The van der Waals surface area contributed by atoms with Crippen molar-refractivity contribution in [3.63, 3.8) is 0 Å². The average Bonchev–Trinajstić information content (AvgIpc) is 2.44. The van der Waals surface area contributed by atoms with E-state index in [1.54, 1.807) is 0 Å². The molecule has 21 heavy (non-hydrogen) atoms. The number of benzene rings is 2. The fourth-order valence-corrected chi connectivity index (χ4v) is 2.44. The molecule has 110 valence electrons. The number of hydrogen-bond acceptors (Lipinski definition) is 2. The predicted octanol–water partition coefficient (Wildman–Crippen LogP) is 4.13. The minimum atomic E-state index is 0.427. The third kappa shape index (κ3) is 3.42. The van der Waals surface area contributed by atoms with E-state index in [2.05, 4.69) is 39.8 Å². The lowest BCUT2D eigenvalue weighted by atomic mass is 10.0. The Kier molecular flexibility index (Phi) is 4.63. The quantitative estimate of drug-likeness (QED) is 0.862. The summed E-state index contributed by atoms with van der Waals surface area (Å²) >= 11 is 5.00. The van der Waals surface area contributed by atoms with Gasteiger partial charge in [-0.05, 0) is 61.6 Å². The summed E-state index contributed by atoms with van der Waals surface area (Å²) < 4.78 is 6.05. The SMILES string of the molecule is Cc1cc(C(N)=S)ccc1COc1c(C)ccc(C)c1C. The summed E-state index contributed by atoms with van der Waals surface area (Å²) in [6.07, 6.45) is 0. The maximum absolute atomic E-state index is 6.05. The van der Waals surface area contributed by atoms with Crippen LogP contribution in [0.2, 0.25) is 0 Å². The number of nitrogens with two attached hydrogens (primary N) is 1. The molecule has 0 saturated heterocycles. The average molecular weight is 299 g/mol. The van der Waals surface area contributed by atoms with Crippen LogP contribution < -0.4 is 10.5 Å². The monoisotopic (exact) mass is 299 g/mol. The highest BCUT2D eigenvalue weighted by Gasteiger charge is 2.08. The van der Waals surface area contributed by atoms with Gasteiger partial charge in [-0.1, -0.05) is 36.5 Å². The molecule has 3 heteroatoms. The Labute approximate surface area is 131 Å². The minimum Gasteiger partial charge on any atom is -0.488 e. The summed E-state index contributed by atoms with van der Waals surface area (Å²) in [5.74, 6) is 0.979. The molecule has 0 aromatic heterocycles. The van der Waals surface area contributed by atoms with E-state index in [4.69, 9.17) is 22.7 Å². The number of thiocarbonyl (C=S) groups is 1. The summed E-state index contributed by atoms with van der Waals surface area (Å²) in [5.41, 5.74) is 12.5. The molecule has 0 spiro atoms. The van der Waals surface area contributed by atoms with E-state index < -0.39 is 0 Å². The van der Waals surface area contributed by atoms with Gasteiger partial charge in [-0.3, -0.25) is 0 Å². The molecule has 2 aromatic carbocycles. The van der Waals surface area contributed by atoms with Gasteiger partial charge in [0, 0.05) is 5.56 Å². The molecular weight excluding hydrogens is 278 g/mol. The number of aryl methyl sites for hydroxylation is 3. The molecule has 2 rings (SSSR count). The maximum Gasteiger partial charge on any atom is 0.125 e. The number of rotatable bonds is 4. The lowest BCUT2D eigenvalue weighted by Crippen LogP contribution is -2.10. The van der Waals surface area contributed by atoms with E-state index in [0.29, 0.717) is 11.6 Å². The zero-order chi connectivity index (χ0) is 15.6. The molecule has 0 unspecified atom stereocenters. The van der Waals surface area contributed by atoms with E-state index >= 15 is 0 Å². The van der Waals surface area contributed by atoms with Gasteiger partial charge in [-0.25, -0.2) is 0 Å². The zero-order valence-electron chi connectivity index (χ0n) is 13.0. The first-order valence-electron chi connectivity index (χ1n) is 6.99. The van der Waals surface area contributed by atoms with Gasteiger partial charge in [0.2, 0.25) is 0 Å². The summed E-state index contributed by atoms with van der Waals surface area (Å²) in [5, 5.41) is 0. The topological polar surface area (TPSA) is 35.2 Å². The lowest BCUT2D eigenvalue weighted by Gasteiger charge is -2.15. The Bertz CT molecular complexity index is 692. The molecule has 0 fully saturated rings. The Morgan fingerprint density at radius 1 is 1.00 bits per heavy atom. The fraction of sp³-hybridized carbons (Fsp3) is 0.278. The van der Waals surface area contributed by atoms with Gasteiger partial charge in [0.15, 0.2) is 0 Å². The van der Waals surface area contributed by atoms with Crippen molar-refractivity contribution in [3.05, 3.63) is 63.7 Å². The van der Waals surface area contributed by atoms with Crippen LogP contribution >= 0.6 is 12.2 Å². The first-order chi connectivity index (χ1) is 9.90. The fourth-order valence-electron chi connectivity index (χ4n) is 2.31. The smallest absolute Gasteiger partial charge is 0.125 e. The van der Waals surface area contributed by atoms with Crippen molar-refractivity contribution in [1.29, 1.82) is 0 Å². The normalized spacial score (nSPS) is 10.5. The number of ether oxygens (including phenoxy) is 1. The van der Waals surface area contributed by atoms with Gasteiger partial charge in [0.25, 0.3) is 0 Å². The minimum absolute atomic E-state index is 0.427. The van der Waals surface area contributed by atoms with Crippen LogP contribution in [-0.4, -0.2) is 4.99 Å². The Morgan fingerprint density at radius 2 is 1.67 bits per heavy atom. The van der Waals surface area contributed by atoms with Crippen molar-refractivity contribution >= 4 is 17.2 Å². The molecule has 0 atom stereocenters. The largest absolute Gasteiger partial charge is 0.488 e. The van der Waals surface area contributed by atoms with Crippen LogP contribution in [0.15, 0.2) is 30.3 Å². The third-order valence-electron chi connectivity index (χ3n) is 3.87. The molecule has 0 saturated carbocycles. The van der Waals surface area contributed by atoms with Crippen molar-refractivity contribution < 1.29 is 4.74 Å². The molecule has 0 amide bonds. The van der Waals surface area contributed by atoms with E-state index in [0.717, 1.165) is 28.0 Å². The second-order valence-corrected chi connectivity index (χ2v) is 5.89. The highest BCUT2D eigenvalue weighted by Crippen LogP contribution is 2.27. The van der Waals surface area contributed by atoms with Crippen LogP contribution in [0.5, 0.6) is 5.75 Å². The molecule has 0 heterocycles. The third-order valence-corrected chi connectivity index (χ3v) is 4.11. The Balaban J connectivity index is 2.21. The van der Waals surface area contributed by atoms with Crippen LogP contribution in [0.3, 0.4) is 0 Å². The summed E-state index contributed by atoms with van der Waals surface area (Å²) in [6.45, 7) is 8.87. The highest BCUT2D eigenvalue weighted by atomic mass is 32.1. The molecule has 0 aliphatic rings. The van der Waals surface area contributed by atoms with Gasteiger partial charge >= 0.3 is 0 Å². The van der Waals surface area contributed by atoms with Crippen LogP contribution in [-0.2, 0) is 6.61 Å². The van der Waals surface area contributed by atoms with Crippen LogP contribution in [0.4, 0.5) is 0 Å². The summed E-state index contributed by atoms with van der Waals surface area (Å²) in [6, 6.07) is 10.2. The molecule has 2 N–H and O–H groups in total. The molecule has 0 bridgehead atoms. The maximum atomic E-state index is 6.05. The first-order valence-corrected chi connectivity index (χ1v) is 7.40. The van der Waals surface area contributed by atoms with Gasteiger partial charge in [-0.2, -0.15) is 0 Å². The summed E-state index contributed by atoms with van der Waals surface area (Å²) in [4.78, 5) is 0.427. The molecule has 2 nitrogen and oxygen atoms in total. The predicted molar refractivity (Wildman–Crippen MR) is 92.1 cm³/mol. The van der Waals surface area contributed by atoms with Crippen molar-refractivity contribution in [1.82, 2.24) is 0 Å². The van der Waals surface area contributed by atoms with E-state index in [1.807, 2.05) is 18.2 Å². The van der Waals surface area contributed by atoms with Crippen molar-refractivity contribution in [2.24, 2.45) is 5.73 Å². The lowest BCUT2D eigenvalue weighted by molar-refractivity contribution is 0.301. The number of hydrogen-bond donors (Lipinski definition) is 1. The molecular formula is C18H21NOS. The second kappa shape index (κ2) is 6.27. The van der Waals surface area contributed by atoms with Crippen LogP contribution in [0.25, 0.3) is 0 Å². The van der Waals surface area contributed by atoms with E-state index in [-0.39, 0.29) is 0 Å². The second-order valence-electron chi connectivity index (χ2n) is 5.45. The summed E-state index contributed by atoms with van der Waals surface area (Å²) in [7, 11) is 0. The van der Waals surface area contributed by atoms with E-state index in [9.17, 15) is 0 Å². The van der Waals surface area contributed by atoms with Crippen LogP contribution in [0.1, 0.15) is 33.4 Å². The van der Waals surface area contributed by atoms with Gasteiger partial charge in [-0.15, -0.1) is 0 Å². The molecule has 2 aromatic rings. The van der Waals surface area contributed by atoms with Gasteiger partial charge in [0.1, 0.15) is 17.3 Å².